The van der Waals surface area contributed by atoms with E-state index in [1.165, 1.54) is 0 Å². The van der Waals surface area contributed by atoms with Crippen LogP contribution in [0, 0.1) is 0 Å². The third-order valence-electron chi connectivity index (χ3n) is 3.43. The number of nitrogens with zero attached hydrogens (tertiary/aromatic N) is 4. The van der Waals surface area contributed by atoms with Crippen molar-refractivity contribution in [3.8, 4) is 0 Å². The fourth-order valence-electron chi connectivity index (χ4n) is 2.14. The molecule has 3 N–H and O–H groups in total. The number of hydrogen-bond donors (Lipinski definition) is 2. The molecule has 8 nitrogen and oxygen atoms in total. The largest absolute Gasteiger partial charge is 0.406 e. The van der Waals surface area contributed by atoms with Crippen molar-refractivity contribution in [2.45, 2.75) is 38.8 Å². The van der Waals surface area contributed by atoms with E-state index >= 15 is 0 Å². The van der Waals surface area contributed by atoms with E-state index in [0.29, 0.717) is 30.6 Å². The normalized spacial score (nSPS) is 12.0. The molecule has 0 radical (unpaired) electrons. The maximum atomic E-state index is 6.12. The molecule has 0 saturated carbocycles. The molecule has 3 rings (SSSR count). The lowest BCUT2D eigenvalue weighted by Crippen LogP contribution is -2.13. The summed E-state index contributed by atoms with van der Waals surface area (Å²) in [6.45, 7) is 4.32. The SMILES string of the molecule is CC(C)c1nc(CNc2nnc([C@H](N)Cc3ccccc3)o2)no1.Cl. The van der Waals surface area contributed by atoms with E-state index < -0.39 is 0 Å². The fourth-order valence-corrected chi connectivity index (χ4v) is 2.14. The van der Waals surface area contributed by atoms with Crippen molar-refractivity contribution in [3.05, 3.63) is 53.5 Å². The van der Waals surface area contributed by atoms with Crippen molar-refractivity contribution in [2.24, 2.45) is 5.73 Å². The van der Waals surface area contributed by atoms with Crippen molar-refractivity contribution in [1.82, 2.24) is 20.3 Å². The molecule has 2 aromatic heterocycles. The Balaban J connectivity index is 0.00000225. The molecule has 0 unspecified atom stereocenters. The molecule has 134 valence electrons. The standard InChI is InChI=1S/C16H20N6O2.ClH/c1-10(2)14-19-13(22-24-14)9-18-16-21-20-15(23-16)12(17)8-11-6-4-3-5-7-11;/h3-7,10,12H,8-9,17H2,1-2H3,(H,18,21);1H/t12-;/m1./s1. The Kier molecular flexibility index (Phi) is 6.49. The first-order valence-electron chi connectivity index (χ1n) is 7.81. The Bertz CT molecular complexity index is 774. The van der Waals surface area contributed by atoms with Crippen molar-refractivity contribution >= 4 is 18.4 Å². The minimum atomic E-state index is -0.354. The first-order chi connectivity index (χ1) is 11.6. The summed E-state index contributed by atoms with van der Waals surface area (Å²) in [4.78, 5) is 4.27. The number of rotatable bonds is 7. The Morgan fingerprint density at radius 2 is 1.88 bits per heavy atom. The predicted octanol–water partition coefficient (Wildman–Crippen LogP) is 2.85. The zero-order valence-electron chi connectivity index (χ0n) is 14.0. The van der Waals surface area contributed by atoms with Crippen molar-refractivity contribution < 1.29 is 8.94 Å². The van der Waals surface area contributed by atoms with Crippen LogP contribution in [0.3, 0.4) is 0 Å². The second-order valence-corrected chi connectivity index (χ2v) is 5.80. The molecule has 3 aromatic rings. The van der Waals surface area contributed by atoms with Gasteiger partial charge in [0.05, 0.1) is 12.6 Å². The molecular weight excluding hydrogens is 344 g/mol. The predicted molar refractivity (Wildman–Crippen MR) is 94.3 cm³/mol. The van der Waals surface area contributed by atoms with E-state index in [4.69, 9.17) is 14.7 Å². The molecular formula is C16H21ClN6O2. The highest BCUT2D eigenvalue weighted by Gasteiger charge is 2.16. The summed E-state index contributed by atoms with van der Waals surface area (Å²) in [5.41, 5.74) is 7.24. The third kappa shape index (κ3) is 5.01. The number of benzene rings is 1. The van der Waals surface area contributed by atoms with Crippen LogP contribution >= 0.6 is 12.4 Å². The van der Waals surface area contributed by atoms with Gasteiger partial charge in [0.25, 0.3) is 0 Å². The van der Waals surface area contributed by atoms with Crippen LogP contribution in [0.5, 0.6) is 0 Å². The van der Waals surface area contributed by atoms with E-state index in [-0.39, 0.29) is 30.4 Å². The van der Waals surface area contributed by atoms with Gasteiger partial charge in [-0.05, 0) is 12.0 Å². The van der Waals surface area contributed by atoms with Crippen LogP contribution < -0.4 is 11.1 Å². The Hall–Kier alpha value is -2.45. The minimum Gasteiger partial charge on any atom is -0.406 e. The van der Waals surface area contributed by atoms with Gasteiger partial charge in [0.1, 0.15) is 0 Å². The zero-order chi connectivity index (χ0) is 16.9. The van der Waals surface area contributed by atoms with Gasteiger partial charge < -0.3 is 20.0 Å². The summed E-state index contributed by atoms with van der Waals surface area (Å²) < 4.78 is 10.7. The number of anilines is 1. The van der Waals surface area contributed by atoms with Crippen molar-refractivity contribution in [3.63, 3.8) is 0 Å². The van der Waals surface area contributed by atoms with Crippen molar-refractivity contribution in [2.75, 3.05) is 5.32 Å². The second kappa shape index (κ2) is 8.59. The molecule has 2 heterocycles. The summed E-state index contributed by atoms with van der Waals surface area (Å²) >= 11 is 0. The van der Waals surface area contributed by atoms with Crippen LogP contribution in [0.4, 0.5) is 6.01 Å². The molecule has 0 aliphatic heterocycles. The summed E-state index contributed by atoms with van der Waals surface area (Å²) in [6.07, 6.45) is 0.630. The van der Waals surface area contributed by atoms with Crippen LogP contribution in [0.1, 0.15) is 49.0 Å². The average molecular weight is 365 g/mol. The Morgan fingerprint density at radius 1 is 1.12 bits per heavy atom. The number of nitrogens with two attached hydrogens (primary N) is 1. The molecule has 0 bridgehead atoms. The van der Waals surface area contributed by atoms with Gasteiger partial charge in [0.2, 0.25) is 11.8 Å². The van der Waals surface area contributed by atoms with E-state index in [1.807, 2.05) is 44.2 Å². The van der Waals surface area contributed by atoms with E-state index in [9.17, 15) is 0 Å². The molecule has 0 saturated heterocycles. The summed E-state index contributed by atoms with van der Waals surface area (Å²) in [7, 11) is 0. The van der Waals surface area contributed by atoms with E-state index in [1.54, 1.807) is 0 Å². The molecule has 0 amide bonds. The lowest BCUT2D eigenvalue weighted by Gasteiger charge is -2.06. The van der Waals surface area contributed by atoms with Crippen LogP contribution in [0.2, 0.25) is 0 Å². The molecule has 1 aromatic carbocycles. The monoisotopic (exact) mass is 364 g/mol. The lowest BCUT2D eigenvalue weighted by molar-refractivity contribution is 0.361. The number of halogens is 1. The quantitative estimate of drug-likeness (QED) is 0.657. The molecule has 1 atom stereocenters. The third-order valence-corrected chi connectivity index (χ3v) is 3.43. The van der Waals surface area contributed by atoms with Gasteiger partial charge in [-0.25, -0.2) is 0 Å². The molecule has 0 aliphatic carbocycles. The number of aromatic nitrogens is 4. The first-order valence-corrected chi connectivity index (χ1v) is 7.81. The van der Waals surface area contributed by atoms with Gasteiger partial charge >= 0.3 is 6.01 Å². The second-order valence-electron chi connectivity index (χ2n) is 5.80. The van der Waals surface area contributed by atoms with Gasteiger partial charge in [0.15, 0.2) is 5.82 Å². The highest BCUT2D eigenvalue weighted by molar-refractivity contribution is 5.85. The maximum Gasteiger partial charge on any atom is 0.315 e. The summed E-state index contributed by atoms with van der Waals surface area (Å²) in [6, 6.07) is 9.86. The first kappa shape index (κ1) is 18.9. The zero-order valence-corrected chi connectivity index (χ0v) is 14.9. The summed E-state index contributed by atoms with van der Waals surface area (Å²) in [5.74, 6) is 1.71. The average Bonchev–Trinajstić information content (AvgIpc) is 3.23. The van der Waals surface area contributed by atoms with Crippen LogP contribution in [-0.2, 0) is 13.0 Å². The highest BCUT2D eigenvalue weighted by Crippen LogP contribution is 2.17. The number of hydrogen-bond acceptors (Lipinski definition) is 8. The lowest BCUT2D eigenvalue weighted by atomic mass is 10.1. The highest BCUT2D eigenvalue weighted by atomic mass is 35.5. The van der Waals surface area contributed by atoms with Gasteiger partial charge in [-0.3, -0.25) is 0 Å². The maximum absolute atomic E-state index is 6.12. The minimum absolute atomic E-state index is 0. The van der Waals surface area contributed by atoms with Gasteiger partial charge in [-0.15, -0.1) is 17.5 Å². The molecule has 0 aliphatic rings. The Labute approximate surface area is 151 Å². The molecule has 25 heavy (non-hydrogen) atoms. The molecule has 9 heteroatoms. The van der Waals surface area contributed by atoms with Crippen LogP contribution in [0.25, 0.3) is 0 Å². The van der Waals surface area contributed by atoms with Gasteiger partial charge in [-0.2, -0.15) is 4.98 Å². The molecule has 0 spiro atoms. The van der Waals surface area contributed by atoms with E-state index in [2.05, 4.69) is 25.7 Å². The van der Waals surface area contributed by atoms with Crippen LogP contribution in [0.15, 0.2) is 39.3 Å². The fraction of sp³-hybridized carbons (Fsp3) is 0.375. The van der Waals surface area contributed by atoms with Gasteiger partial charge in [-0.1, -0.05) is 54.4 Å². The topological polar surface area (TPSA) is 116 Å². The summed E-state index contributed by atoms with van der Waals surface area (Å²) in [5, 5.41) is 14.8. The smallest absolute Gasteiger partial charge is 0.315 e. The van der Waals surface area contributed by atoms with Crippen molar-refractivity contribution in [1.29, 1.82) is 0 Å². The van der Waals surface area contributed by atoms with Gasteiger partial charge in [0, 0.05) is 5.92 Å². The number of nitrogens with one attached hydrogen (secondary N) is 1. The van der Waals surface area contributed by atoms with E-state index in [0.717, 1.165) is 5.56 Å². The Morgan fingerprint density at radius 3 is 2.56 bits per heavy atom. The van der Waals surface area contributed by atoms with Crippen LogP contribution in [-0.4, -0.2) is 20.3 Å². The molecule has 0 fully saturated rings.